The van der Waals surface area contributed by atoms with Gasteiger partial charge in [0.05, 0.1) is 18.9 Å². The smallest absolute Gasteiger partial charge is 0.320 e. The first-order chi connectivity index (χ1) is 15.5. The van der Waals surface area contributed by atoms with Crippen LogP contribution >= 0.6 is 0 Å². The van der Waals surface area contributed by atoms with Crippen molar-refractivity contribution in [2.24, 2.45) is 0 Å². The SMILES string of the molecule is COc1ccc(C=O)c(OS(C)(=O)=O)c1O[Si](c1ccccc1)(c1ccccc1)C(C)(C)C. The van der Waals surface area contributed by atoms with E-state index in [1.807, 2.05) is 60.7 Å². The summed E-state index contributed by atoms with van der Waals surface area (Å²) in [6.07, 6.45) is 1.46. The summed E-state index contributed by atoms with van der Waals surface area (Å²) in [5, 5.41) is 1.56. The van der Waals surface area contributed by atoms with E-state index in [-0.39, 0.29) is 22.8 Å². The van der Waals surface area contributed by atoms with E-state index in [4.69, 9.17) is 13.3 Å². The van der Waals surface area contributed by atoms with E-state index in [9.17, 15) is 13.2 Å². The van der Waals surface area contributed by atoms with E-state index in [2.05, 4.69) is 20.8 Å². The minimum Gasteiger partial charge on any atom is -0.529 e. The highest BCUT2D eigenvalue weighted by molar-refractivity contribution is 7.86. The summed E-state index contributed by atoms with van der Waals surface area (Å²) in [6.45, 7) is 6.27. The fraction of sp³-hybridized carbons (Fsp3) is 0.240. The molecule has 174 valence electrons. The minimum absolute atomic E-state index is 0.0501. The summed E-state index contributed by atoms with van der Waals surface area (Å²) in [7, 11) is -5.65. The maximum Gasteiger partial charge on any atom is 0.320 e. The first-order valence-electron chi connectivity index (χ1n) is 10.4. The van der Waals surface area contributed by atoms with Crippen molar-refractivity contribution in [1.82, 2.24) is 0 Å². The van der Waals surface area contributed by atoms with Crippen molar-refractivity contribution < 1.29 is 26.6 Å². The highest BCUT2D eigenvalue weighted by Gasteiger charge is 2.53. The zero-order valence-electron chi connectivity index (χ0n) is 19.4. The standard InChI is InChI=1S/C25H28O6SSi/c1-25(2,3)33(20-12-8-6-9-13-20,21-14-10-7-11-15-21)31-24-22(29-4)17-16-19(18-26)23(24)30-32(5,27)28/h6-18H,1-5H3. The molecule has 0 aromatic heterocycles. The molecule has 0 aliphatic rings. The summed E-state index contributed by atoms with van der Waals surface area (Å²) >= 11 is 0. The van der Waals surface area contributed by atoms with E-state index in [1.165, 1.54) is 13.2 Å². The van der Waals surface area contributed by atoms with Crippen molar-refractivity contribution in [3.05, 3.63) is 78.4 Å². The molecule has 0 saturated carbocycles. The monoisotopic (exact) mass is 484 g/mol. The molecule has 3 rings (SSSR count). The fourth-order valence-corrected chi connectivity index (χ4v) is 8.85. The Morgan fingerprint density at radius 2 is 1.33 bits per heavy atom. The maximum absolute atomic E-state index is 12.1. The van der Waals surface area contributed by atoms with Gasteiger partial charge in [0.15, 0.2) is 23.5 Å². The van der Waals surface area contributed by atoms with E-state index >= 15 is 0 Å². The Balaban J connectivity index is 2.41. The van der Waals surface area contributed by atoms with Gasteiger partial charge in [-0.15, -0.1) is 0 Å². The molecule has 33 heavy (non-hydrogen) atoms. The molecule has 0 amide bonds. The van der Waals surface area contributed by atoms with Crippen LogP contribution in [0, 0.1) is 0 Å². The van der Waals surface area contributed by atoms with Gasteiger partial charge in [0.25, 0.3) is 0 Å². The van der Waals surface area contributed by atoms with Crippen LogP contribution in [-0.2, 0) is 10.1 Å². The van der Waals surface area contributed by atoms with Crippen LogP contribution in [0.5, 0.6) is 17.2 Å². The number of carbonyl (C=O) groups is 1. The van der Waals surface area contributed by atoms with Crippen LogP contribution in [-0.4, -0.2) is 36.4 Å². The van der Waals surface area contributed by atoms with Crippen molar-refractivity contribution in [3.8, 4) is 17.2 Å². The molecule has 0 aliphatic heterocycles. The molecular weight excluding hydrogens is 456 g/mol. The average Bonchev–Trinajstić information content (AvgIpc) is 2.77. The number of hydrogen-bond acceptors (Lipinski definition) is 6. The van der Waals surface area contributed by atoms with Crippen molar-refractivity contribution in [1.29, 1.82) is 0 Å². The lowest BCUT2D eigenvalue weighted by Gasteiger charge is -2.43. The normalized spacial score (nSPS) is 12.2. The summed E-state index contributed by atoms with van der Waals surface area (Å²) < 4.78 is 42.0. The Bertz CT molecular complexity index is 1180. The van der Waals surface area contributed by atoms with Crippen LogP contribution < -0.4 is 23.7 Å². The van der Waals surface area contributed by atoms with Crippen LogP contribution in [0.3, 0.4) is 0 Å². The van der Waals surface area contributed by atoms with Gasteiger partial charge in [0.1, 0.15) is 0 Å². The average molecular weight is 485 g/mol. The number of aldehydes is 1. The molecule has 0 saturated heterocycles. The summed E-state index contributed by atoms with van der Waals surface area (Å²) in [5.74, 6) is 0.175. The molecule has 3 aromatic rings. The van der Waals surface area contributed by atoms with Crippen LogP contribution in [0.4, 0.5) is 0 Å². The molecule has 0 unspecified atom stereocenters. The molecule has 8 heteroatoms. The zero-order chi connectivity index (χ0) is 24.3. The number of ether oxygens (including phenoxy) is 1. The van der Waals surface area contributed by atoms with Crippen LogP contribution in [0.1, 0.15) is 31.1 Å². The Labute approximate surface area is 196 Å². The lowest BCUT2D eigenvalue weighted by Crippen LogP contribution is -2.68. The van der Waals surface area contributed by atoms with Gasteiger partial charge in [-0.25, -0.2) is 0 Å². The third kappa shape index (κ3) is 4.96. The molecule has 0 atom stereocenters. The van der Waals surface area contributed by atoms with Gasteiger partial charge in [-0.05, 0) is 27.5 Å². The van der Waals surface area contributed by atoms with E-state index in [0.29, 0.717) is 6.29 Å². The first-order valence-corrected chi connectivity index (χ1v) is 14.1. The number of rotatable bonds is 8. The Morgan fingerprint density at radius 1 is 0.818 bits per heavy atom. The number of methoxy groups -OCH3 is 1. The number of carbonyl (C=O) groups excluding carboxylic acids is 1. The molecule has 0 N–H and O–H groups in total. The molecule has 0 spiro atoms. The third-order valence-corrected chi connectivity index (χ3v) is 10.7. The second kappa shape index (κ2) is 9.41. The van der Waals surface area contributed by atoms with Crippen molar-refractivity contribution in [3.63, 3.8) is 0 Å². The Hall–Kier alpha value is -3.10. The summed E-state index contributed by atoms with van der Waals surface area (Å²) in [4.78, 5) is 11.8. The lowest BCUT2D eigenvalue weighted by atomic mass is 10.2. The molecule has 6 nitrogen and oxygen atoms in total. The third-order valence-electron chi connectivity index (χ3n) is 5.36. The second-order valence-electron chi connectivity index (χ2n) is 8.69. The largest absolute Gasteiger partial charge is 0.529 e. The topological polar surface area (TPSA) is 78.9 Å². The van der Waals surface area contributed by atoms with E-state index in [1.54, 1.807) is 6.07 Å². The highest BCUT2D eigenvalue weighted by Crippen LogP contribution is 2.45. The van der Waals surface area contributed by atoms with Gasteiger partial charge >= 0.3 is 18.4 Å². The van der Waals surface area contributed by atoms with Gasteiger partial charge in [0, 0.05) is 0 Å². The first kappa shape index (κ1) is 24.5. The molecular formula is C25H28O6SSi. The van der Waals surface area contributed by atoms with Crippen LogP contribution in [0.2, 0.25) is 5.04 Å². The van der Waals surface area contributed by atoms with Gasteiger partial charge in [-0.3, -0.25) is 4.79 Å². The van der Waals surface area contributed by atoms with Crippen molar-refractivity contribution in [2.75, 3.05) is 13.4 Å². The van der Waals surface area contributed by atoms with Gasteiger partial charge in [-0.2, -0.15) is 8.42 Å². The second-order valence-corrected chi connectivity index (χ2v) is 14.5. The Morgan fingerprint density at radius 3 is 1.73 bits per heavy atom. The number of benzene rings is 3. The predicted octanol–water partition coefficient (Wildman–Crippen LogP) is 3.78. The molecule has 0 fully saturated rings. The molecule has 0 heterocycles. The van der Waals surface area contributed by atoms with Gasteiger partial charge in [-0.1, -0.05) is 81.4 Å². The summed E-state index contributed by atoms with van der Waals surface area (Å²) in [6, 6.07) is 22.7. The molecule has 3 aromatic carbocycles. The minimum atomic E-state index is -3.96. The highest BCUT2D eigenvalue weighted by atomic mass is 32.2. The van der Waals surface area contributed by atoms with E-state index in [0.717, 1.165) is 16.6 Å². The summed E-state index contributed by atoms with van der Waals surface area (Å²) in [5.41, 5.74) is 0.0501. The quantitative estimate of drug-likeness (QED) is 0.275. The van der Waals surface area contributed by atoms with E-state index < -0.39 is 23.5 Å². The van der Waals surface area contributed by atoms with Crippen molar-refractivity contribution in [2.45, 2.75) is 25.8 Å². The Kier molecular flexibility index (Phi) is 6.99. The van der Waals surface area contributed by atoms with Crippen molar-refractivity contribution >= 4 is 35.1 Å². The van der Waals surface area contributed by atoms with Crippen LogP contribution in [0.15, 0.2) is 72.8 Å². The lowest BCUT2D eigenvalue weighted by molar-refractivity contribution is 0.112. The van der Waals surface area contributed by atoms with Crippen LogP contribution in [0.25, 0.3) is 0 Å². The van der Waals surface area contributed by atoms with Gasteiger partial charge < -0.3 is 13.3 Å². The maximum atomic E-state index is 12.1. The molecule has 0 aliphatic carbocycles. The predicted molar refractivity (Wildman–Crippen MR) is 132 cm³/mol. The molecule has 0 bridgehead atoms. The number of hydrogen-bond donors (Lipinski definition) is 0. The fourth-order valence-electron chi connectivity index (χ4n) is 3.95. The zero-order valence-corrected chi connectivity index (χ0v) is 21.2. The molecule has 0 radical (unpaired) electrons. The van der Waals surface area contributed by atoms with Gasteiger partial charge in [0.2, 0.25) is 0 Å².